The van der Waals surface area contributed by atoms with Crippen LogP contribution in [0.25, 0.3) is 22.3 Å². The van der Waals surface area contributed by atoms with E-state index in [4.69, 9.17) is 39.5 Å². The molecule has 0 amide bonds. The lowest BCUT2D eigenvalue weighted by Gasteiger charge is -2.26. The van der Waals surface area contributed by atoms with Crippen molar-refractivity contribution in [2.75, 3.05) is 37.4 Å². The number of H-pyrrole nitrogens is 2. The first-order valence-electron chi connectivity index (χ1n) is 14.0. The molecule has 10 atom stereocenters. The number of nitrogens with zero attached hydrogens (tertiary/aromatic N) is 6. The van der Waals surface area contributed by atoms with Crippen LogP contribution in [0.5, 0.6) is 0 Å². The molecule has 0 bridgehead atoms. The Morgan fingerprint density at radius 2 is 1.15 bits per heavy atom. The second-order valence-electron chi connectivity index (χ2n) is 11.0. The number of nitrogen functional groups attached to an aromatic ring is 2. The summed E-state index contributed by atoms with van der Waals surface area (Å²) < 4.78 is 61.8. The summed E-state index contributed by atoms with van der Waals surface area (Å²) in [6.07, 6.45) is -11.3. The maximum absolute atomic E-state index is 13.1. The van der Waals surface area contributed by atoms with E-state index in [2.05, 4.69) is 29.9 Å². The van der Waals surface area contributed by atoms with E-state index in [1.54, 1.807) is 0 Å². The molecular weight excluding hydrogens is 690 g/mol. The van der Waals surface area contributed by atoms with E-state index in [9.17, 15) is 38.7 Å². The van der Waals surface area contributed by atoms with Crippen molar-refractivity contribution in [2.45, 2.75) is 49.1 Å². The van der Waals surface area contributed by atoms with Crippen LogP contribution < -0.4 is 22.6 Å². The van der Waals surface area contributed by atoms with Crippen LogP contribution >= 0.6 is 15.2 Å². The quantitative estimate of drug-likeness (QED) is 0.0959. The summed E-state index contributed by atoms with van der Waals surface area (Å²) in [6.45, 7) is -1.40. The number of nitrogens with two attached hydrogens (primary N) is 2. The average molecular weight is 718 g/mol. The van der Waals surface area contributed by atoms with Gasteiger partial charge in [-0.3, -0.25) is 37.8 Å². The lowest BCUT2D eigenvalue weighted by molar-refractivity contribution is -0.0655. The van der Waals surface area contributed by atoms with Gasteiger partial charge >= 0.3 is 15.2 Å². The average Bonchev–Trinajstić information content (AvgIpc) is 3.76. The molecule has 4 unspecified atom stereocenters. The predicted molar refractivity (Wildman–Crippen MR) is 156 cm³/mol. The van der Waals surface area contributed by atoms with Gasteiger partial charge < -0.3 is 59.5 Å². The number of rotatable bonds is 2. The number of aromatic amines is 2. The SMILES string of the molecule is Nc1nc2c(ncn2[C@@H]2O[C@@H]3COP(=O)(O)COC4[C@@H](COP(=O)(O)COC3[C@@H]2O)O[C@@H](n2cnc3c(=O)[nH]c(N)nc32)[C@H]4O)c(=O)[nH]1. The molecule has 0 aliphatic carbocycles. The van der Waals surface area contributed by atoms with Crippen molar-refractivity contribution >= 4 is 49.4 Å². The number of aliphatic hydroxyl groups is 2. The number of aliphatic hydroxyl groups excluding tert-OH is 2. The number of aromatic nitrogens is 8. The molecule has 3 aliphatic heterocycles. The number of hydrogen-bond donors (Lipinski definition) is 8. The Kier molecular flexibility index (Phi) is 8.25. The highest BCUT2D eigenvalue weighted by atomic mass is 31.2. The highest BCUT2D eigenvalue weighted by molar-refractivity contribution is 7.52. The number of imidazole rings is 2. The summed E-state index contributed by atoms with van der Waals surface area (Å²) >= 11 is 0. The van der Waals surface area contributed by atoms with Crippen LogP contribution in [0.15, 0.2) is 22.2 Å². The summed E-state index contributed by atoms with van der Waals surface area (Å²) in [6, 6.07) is 0. The zero-order chi connectivity index (χ0) is 34.1. The van der Waals surface area contributed by atoms with Crippen LogP contribution in [-0.4, -0.2) is 122 Å². The van der Waals surface area contributed by atoms with Gasteiger partial charge in [-0.15, -0.1) is 0 Å². The fourth-order valence-corrected chi connectivity index (χ4v) is 7.28. The van der Waals surface area contributed by atoms with Gasteiger partial charge in [0.25, 0.3) is 11.1 Å². The monoisotopic (exact) mass is 718 g/mol. The van der Waals surface area contributed by atoms with Crippen LogP contribution in [-0.2, 0) is 37.1 Å². The third-order valence-corrected chi connectivity index (χ3v) is 9.87. The Balaban J connectivity index is 1.14. The number of ether oxygens (including phenoxy) is 4. The van der Waals surface area contributed by atoms with E-state index in [1.807, 2.05) is 0 Å². The fraction of sp³-hybridized carbons (Fsp3) is 0.545. The fourth-order valence-electron chi connectivity index (χ4n) is 5.65. The van der Waals surface area contributed by atoms with Crippen LogP contribution in [0, 0.1) is 0 Å². The Hall–Kier alpha value is -3.64. The predicted octanol–water partition coefficient (Wildman–Crippen LogP) is -2.96. The molecule has 3 fully saturated rings. The van der Waals surface area contributed by atoms with Crippen LogP contribution in [0.4, 0.5) is 11.9 Å². The number of fused-ring (bicyclic) bond motifs is 4. The second-order valence-corrected chi connectivity index (χ2v) is 14.6. The van der Waals surface area contributed by atoms with Gasteiger partial charge in [-0.2, -0.15) is 9.97 Å². The van der Waals surface area contributed by atoms with Gasteiger partial charge in [0.05, 0.1) is 25.9 Å². The zero-order valence-corrected chi connectivity index (χ0v) is 26.0. The molecule has 10 N–H and O–H groups in total. The van der Waals surface area contributed by atoms with Gasteiger partial charge in [-0.25, -0.2) is 9.97 Å². The maximum atomic E-state index is 13.1. The van der Waals surface area contributed by atoms with Crippen molar-refractivity contribution in [1.82, 2.24) is 39.0 Å². The Bertz CT molecular complexity index is 1940. The molecule has 0 saturated carbocycles. The standard InChI is InChI=1S/C22H28N10O14P2/c23-21-27-15-9(17(35)29-21)25-3-31(15)19-11(33)13-7(45-19)1-43-47(37,38)5-42-14-8(2-44-48(39,40)6-41-13)46-20(12(14)34)32-4-26-10-16(32)28-22(24)30-18(10)36/h3-4,7-8,11-14,19-20,33-34H,1-2,5-6H2,(H,37,38)(H,39,40)(H3,23,27,29,35)(H3,24,28,30,36)/t7-,8-,11+,12+,13?,14?,19-,20-/m1/s1. The summed E-state index contributed by atoms with van der Waals surface area (Å²) in [7, 11) is -9.27. The first kappa shape index (κ1) is 32.9. The zero-order valence-electron chi connectivity index (χ0n) is 24.2. The summed E-state index contributed by atoms with van der Waals surface area (Å²) in [5.41, 5.74) is 9.58. The topological polar surface area (TPSA) is 350 Å². The van der Waals surface area contributed by atoms with Crippen molar-refractivity contribution in [2.24, 2.45) is 0 Å². The largest absolute Gasteiger partial charge is 0.386 e. The maximum Gasteiger partial charge on any atom is 0.353 e. The first-order valence-corrected chi connectivity index (χ1v) is 17.5. The van der Waals surface area contributed by atoms with Crippen LogP contribution in [0.2, 0.25) is 0 Å². The minimum Gasteiger partial charge on any atom is -0.386 e. The highest BCUT2D eigenvalue weighted by Crippen LogP contribution is 2.48. The number of nitrogens with one attached hydrogen (secondary N) is 2. The molecule has 48 heavy (non-hydrogen) atoms. The molecule has 26 heteroatoms. The molecule has 24 nitrogen and oxygen atoms in total. The first-order chi connectivity index (χ1) is 22.7. The molecule has 3 aliphatic rings. The van der Waals surface area contributed by atoms with Gasteiger partial charge in [0.1, 0.15) is 49.3 Å². The lowest BCUT2D eigenvalue weighted by Crippen LogP contribution is -2.38. The normalized spacial score (nSPS) is 36.6. The Labute approximate surface area is 265 Å². The van der Waals surface area contributed by atoms with Crippen molar-refractivity contribution < 1.29 is 57.1 Å². The van der Waals surface area contributed by atoms with E-state index < -0.39 is 101 Å². The van der Waals surface area contributed by atoms with Crippen LogP contribution in [0.1, 0.15) is 12.5 Å². The van der Waals surface area contributed by atoms with Gasteiger partial charge in [-0.1, -0.05) is 0 Å². The smallest absolute Gasteiger partial charge is 0.353 e. The molecule has 260 valence electrons. The minimum absolute atomic E-state index is 0.0675. The van der Waals surface area contributed by atoms with E-state index in [-0.39, 0.29) is 34.2 Å². The Morgan fingerprint density at radius 1 is 0.750 bits per heavy atom. The highest BCUT2D eigenvalue weighted by Gasteiger charge is 2.50. The Morgan fingerprint density at radius 3 is 1.54 bits per heavy atom. The van der Waals surface area contributed by atoms with Crippen molar-refractivity contribution in [1.29, 1.82) is 0 Å². The van der Waals surface area contributed by atoms with E-state index >= 15 is 0 Å². The third kappa shape index (κ3) is 5.95. The van der Waals surface area contributed by atoms with E-state index in [0.29, 0.717) is 0 Å². The third-order valence-electron chi connectivity index (χ3n) is 7.81. The summed E-state index contributed by atoms with van der Waals surface area (Å²) in [4.78, 5) is 66.3. The lowest BCUT2D eigenvalue weighted by atomic mass is 10.1. The minimum atomic E-state index is -4.64. The van der Waals surface area contributed by atoms with Crippen molar-refractivity contribution in [3.8, 4) is 0 Å². The van der Waals surface area contributed by atoms with E-state index in [1.165, 1.54) is 9.13 Å². The molecule has 3 saturated heterocycles. The molecule has 7 rings (SSSR count). The van der Waals surface area contributed by atoms with E-state index in [0.717, 1.165) is 12.7 Å². The van der Waals surface area contributed by atoms with Gasteiger partial charge in [0.15, 0.2) is 34.8 Å². The molecular formula is C22H28N10O14P2. The van der Waals surface area contributed by atoms with Gasteiger partial charge in [0, 0.05) is 0 Å². The summed E-state index contributed by atoms with van der Waals surface area (Å²) in [5, 5.41) is 22.4. The van der Waals surface area contributed by atoms with Gasteiger partial charge in [0.2, 0.25) is 11.9 Å². The molecule has 7 heterocycles. The number of hydrogen-bond acceptors (Lipinski definition) is 18. The summed E-state index contributed by atoms with van der Waals surface area (Å²) in [5.74, 6) is -0.501. The van der Waals surface area contributed by atoms with Crippen molar-refractivity contribution in [3.05, 3.63) is 33.4 Å². The number of anilines is 2. The molecule has 4 aromatic rings. The van der Waals surface area contributed by atoms with Crippen LogP contribution in [0.3, 0.4) is 0 Å². The second kappa shape index (κ2) is 12.0. The molecule has 0 radical (unpaired) electrons. The molecule has 4 aromatic heterocycles. The molecule has 0 aromatic carbocycles. The van der Waals surface area contributed by atoms with Gasteiger partial charge in [-0.05, 0) is 0 Å². The van der Waals surface area contributed by atoms with Crippen molar-refractivity contribution in [3.63, 3.8) is 0 Å². The molecule has 0 spiro atoms.